The fourth-order valence-electron chi connectivity index (χ4n) is 2.82. The van der Waals surface area contributed by atoms with Gasteiger partial charge in [0.15, 0.2) is 0 Å². The van der Waals surface area contributed by atoms with Gasteiger partial charge in [-0.3, -0.25) is 4.79 Å². The van der Waals surface area contributed by atoms with Crippen molar-refractivity contribution in [2.75, 3.05) is 13.2 Å². The average Bonchev–Trinajstić information content (AvgIpc) is 3.05. The quantitative estimate of drug-likeness (QED) is 0.424. The number of ether oxygens (including phenoxy) is 2. The summed E-state index contributed by atoms with van der Waals surface area (Å²) in [6.07, 6.45) is 5.74. The molecule has 152 valence electrons. The lowest BCUT2D eigenvalue weighted by molar-refractivity contribution is 0.0531. The van der Waals surface area contributed by atoms with Crippen molar-refractivity contribution < 1.29 is 14.3 Å². The van der Waals surface area contributed by atoms with Gasteiger partial charge < -0.3 is 14.5 Å². The fourth-order valence-corrected chi connectivity index (χ4v) is 3.90. The number of H-pyrrole nitrogens is 1. The molecule has 0 saturated heterocycles. The predicted molar refractivity (Wildman–Crippen MR) is 117 cm³/mol. The number of nitrogens with zero attached hydrogens (tertiary/aromatic N) is 1. The molecule has 0 atom stereocenters. The number of aryl methyl sites for hydroxylation is 1. The summed E-state index contributed by atoms with van der Waals surface area (Å²) in [5.74, 6) is 0.845. The van der Waals surface area contributed by atoms with Crippen molar-refractivity contribution in [3.8, 4) is 5.75 Å². The zero-order valence-corrected chi connectivity index (χ0v) is 17.6. The van der Waals surface area contributed by atoms with Crippen LogP contribution in [-0.2, 0) is 4.74 Å². The van der Waals surface area contributed by atoms with E-state index in [2.05, 4.69) is 16.9 Å². The molecule has 0 unspecified atom stereocenters. The maximum atomic E-state index is 12.5. The molecule has 0 aliphatic heterocycles. The van der Waals surface area contributed by atoms with Crippen LogP contribution in [0.5, 0.6) is 5.75 Å². The number of aromatic nitrogens is 2. The molecule has 0 amide bonds. The van der Waals surface area contributed by atoms with Crippen LogP contribution in [0.3, 0.4) is 0 Å². The Bertz CT molecular complexity index is 1080. The van der Waals surface area contributed by atoms with Crippen molar-refractivity contribution in [2.45, 2.75) is 33.6 Å². The Kier molecular flexibility index (Phi) is 6.82. The molecular formula is C22H24N2O4S. The van der Waals surface area contributed by atoms with Gasteiger partial charge in [0.25, 0.3) is 5.56 Å². The minimum atomic E-state index is -0.425. The van der Waals surface area contributed by atoms with E-state index in [1.54, 1.807) is 19.9 Å². The predicted octanol–water partition coefficient (Wildman–Crippen LogP) is 4.82. The van der Waals surface area contributed by atoms with Crippen LogP contribution in [0, 0.1) is 6.92 Å². The smallest absolute Gasteiger partial charge is 0.348 e. The lowest BCUT2D eigenvalue weighted by atomic mass is 10.2. The summed E-state index contributed by atoms with van der Waals surface area (Å²) in [5, 5.41) is 0.434. The van der Waals surface area contributed by atoms with Crippen molar-refractivity contribution in [2.24, 2.45) is 0 Å². The summed E-state index contributed by atoms with van der Waals surface area (Å²) in [6, 6.07) is 7.73. The highest BCUT2D eigenvalue weighted by Crippen LogP contribution is 2.27. The first-order valence-electron chi connectivity index (χ1n) is 9.65. The molecule has 0 aliphatic rings. The average molecular weight is 413 g/mol. The highest BCUT2D eigenvalue weighted by molar-refractivity contribution is 7.20. The van der Waals surface area contributed by atoms with Crippen LogP contribution >= 0.6 is 11.3 Å². The Morgan fingerprint density at radius 1 is 1.21 bits per heavy atom. The number of nitrogens with one attached hydrogen (secondary N) is 1. The van der Waals surface area contributed by atoms with Gasteiger partial charge in [0, 0.05) is 0 Å². The second kappa shape index (κ2) is 9.52. The Balaban J connectivity index is 1.81. The molecule has 1 N–H and O–H groups in total. The van der Waals surface area contributed by atoms with Crippen LogP contribution in [0.2, 0.25) is 0 Å². The van der Waals surface area contributed by atoms with Crippen molar-refractivity contribution >= 4 is 39.7 Å². The van der Waals surface area contributed by atoms with Crippen LogP contribution in [0.25, 0.3) is 22.4 Å². The molecule has 7 heteroatoms. The van der Waals surface area contributed by atoms with E-state index in [-0.39, 0.29) is 12.2 Å². The number of rotatable bonds is 8. The standard InChI is InChI=1S/C22H24N2O4S/c1-4-6-13-28-16-10-7-15(8-11-16)9-12-17-23-20(25)18-14(3)19(22(26)27-5-2)29-21(18)24-17/h7-12H,4-6,13H2,1-3H3,(H,23,24,25). The molecule has 3 aromatic rings. The van der Waals surface area contributed by atoms with E-state index in [0.29, 0.717) is 33.1 Å². The van der Waals surface area contributed by atoms with Crippen LogP contribution in [0.4, 0.5) is 0 Å². The number of hydrogen-bond donors (Lipinski definition) is 1. The van der Waals surface area contributed by atoms with E-state index in [4.69, 9.17) is 9.47 Å². The van der Waals surface area contributed by atoms with Crippen LogP contribution in [0.15, 0.2) is 29.1 Å². The summed E-state index contributed by atoms with van der Waals surface area (Å²) >= 11 is 1.18. The zero-order valence-electron chi connectivity index (χ0n) is 16.8. The Morgan fingerprint density at radius 3 is 2.66 bits per heavy atom. The molecule has 0 spiro atoms. The topological polar surface area (TPSA) is 81.3 Å². The van der Waals surface area contributed by atoms with E-state index < -0.39 is 5.97 Å². The third-order valence-electron chi connectivity index (χ3n) is 4.36. The van der Waals surface area contributed by atoms with Gasteiger partial charge >= 0.3 is 5.97 Å². The SMILES string of the molecule is CCCCOc1ccc(C=Cc2nc3sc(C(=O)OCC)c(C)c3c(=O)[nH]2)cc1. The molecule has 0 radical (unpaired) electrons. The number of esters is 1. The molecule has 29 heavy (non-hydrogen) atoms. The summed E-state index contributed by atoms with van der Waals surface area (Å²) in [7, 11) is 0. The van der Waals surface area contributed by atoms with Crippen molar-refractivity contribution in [1.82, 2.24) is 9.97 Å². The first-order valence-corrected chi connectivity index (χ1v) is 10.5. The maximum absolute atomic E-state index is 12.5. The second-order valence-corrected chi connectivity index (χ2v) is 7.51. The third kappa shape index (κ3) is 4.92. The number of carbonyl (C=O) groups is 1. The fraction of sp³-hybridized carbons (Fsp3) is 0.318. The van der Waals surface area contributed by atoms with E-state index >= 15 is 0 Å². The summed E-state index contributed by atoms with van der Waals surface area (Å²) in [5.41, 5.74) is 1.30. The number of aromatic amines is 1. The van der Waals surface area contributed by atoms with Gasteiger partial charge in [0.1, 0.15) is 21.3 Å². The van der Waals surface area contributed by atoms with Crippen molar-refractivity contribution in [3.05, 3.63) is 56.4 Å². The molecular weight excluding hydrogens is 388 g/mol. The number of thiophene rings is 1. The second-order valence-electron chi connectivity index (χ2n) is 6.51. The third-order valence-corrected chi connectivity index (χ3v) is 5.53. The maximum Gasteiger partial charge on any atom is 0.348 e. The van der Waals surface area contributed by atoms with Gasteiger partial charge in [0.2, 0.25) is 0 Å². The molecule has 1 aromatic carbocycles. The van der Waals surface area contributed by atoms with Gasteiger partial charge in [-0.05, 0) is 49.6 Å². The Morgan fingerprint density at radius 2 is 1.97 bits per heavy atom. The Labute approximate surface area is 173 Å². The molecule has 0 fully saturated rings. The first kappa shape index (κ1) is 20.8. The lowest BCUT2D eigenvalue weighted by Gasteiger charge is -2.05. The molecule has 3 rings (SSSR count). The molecule has 6 nitrogen and oxygen atoms in total. The van der Waals surface area contributed by atoms with Crippen LogP contribution in [0.1, 0.15) is 53.3 Å². The van der Waals surface area contributed by atoms with Crippen LogP contribution < -0.4 is 10.3 Å². The number of carbonyl (C=O) groups excluding carboxylic acids is 1. The molecule has 2 aromatic heterocycles. The molecule has 0 aliphatic carbocycles. The Hall–Kier alpha value is -2.93. The summed E-state index contributed by atoms with van der Waals surface area (Å²) < 4.78 is 10.7. The zero-order chi connectivity index (χ0) is 20.8. The monoisotopic (exact) mass is 412 g/mol. The number of hydrogen-bond acceptors (Lipinski definition) is 6. The largest absolute Gasteiger partial charge is 0.494 e. The molecule has 0 bridgehead atoms. The van der Waals surface area contributed by atoms with Gasteiger partial charge in [-0.25, -0.2) is 9.78 Å². The van der Waals surface area contributed by atoms with E-state index in [9.17, 15) is 9.59 Å². The first-order chi connectivity index (χ1) is 14.0. The lowest BCUT2D eigenvalue weighted by Crippen LogP contribution is -2.10. The summed E-state index contributed by atoms with van der Waals surface area (Å²) in [6.45, 7) is 6.61. The molecule has 0 saturated carbocycles. The van der Waals surface area contributed by atoms with Gasteiger partial charge in [0.05, 0.1) is 18.6 Å². The van der Waals surface area contributed by atoms with Crippen molar-refractivity contribution in [1.29, 1.82) is 0 Å². The summed E-state index contributed by atoms with van der Waals surface area (Å²) in [4.78, 5) is 32.8. The number of benzene rings is 1. The number of unbranched alkanes of at least 4 members (excludes halogenated alkanes) is 1. The van der Waals surface area contributed by atoms with E-state index in [1.807, 2.05) is 30.3 Å². The van der Waals surface area contributed by atoms with Crippen molar-refractivity contribution in [3.63, 3.8) is 0 Å². The highest BCUT2D eigenvalue weighted by Gasteiger charge is 2.19. The highest BCUT2D eigenvalue weighted by atomic mass is 32.1. The van der Waals surface area contributed by atoms with Crippen LogP contribution in [-0.4, -0.2) is 29.2 Å². The normalized spacial score (nSPS) is 11.3. The van der Waals surface area contributed by atoms with Gasteiger partial charge in [-0.15, -0.1) is 11.3 Å². The van der Waals surface area contributed by atoms with Gasteiger partial charge in [-0.2, -0.15) is 0 Å². The van der Waals surface area contributed by atoms with E-state index in [0.717, 1.165) is 24.2 Å². The van der Waals surface area contributed by atoms with E-state index in [1.165, 1.54) is 11.3 Å². The minimum Gasteiger partial charge on any atom is -0.494 e. The van der Waals surface area contributed by atoms with Gasteiger partial charge in [-0.1, -0.05) is 31.6 Å². The minimum absolute atomic E-state index is 0.265. The molecule has 2 heterocycles. The number of fused-ring (bicyclic) bond motifs is 1.